The molecule has 168 valence electrons. The van der Waals surface area contributed by atoms with Crippen molar-refractivity contribution in [2.24, 2.45) is 18.0 Å². The number of nitrogens with zero attached hydrogens (tertiary/aromatic N) is 3. The van der Waals surface area contributed by atoms with Gasteiger partial charge in [0.1, 0.15) is 11.5 Å². The van der Waals surface area contributed by atoms with Gasteiger partial charge in [0.2, 0.25) is 5.91 Å². The van der Waals surface area contributed by atoms with Crippen molar-refractivity contribution < 1.29 is 27.5 Å². The fourth-order valence-electron chi connectivity index (χ4n) is 3.40. The Balaban J connectivity index is 1.73. The van der Waals surface area contributed by atoms with E-state index >= 15 is 0 Å². The van der Waals surface area contributed by atoms with Crippen LogP contribution in [0.3, 0.4) is 0 Å². The average molecular weight is 468 g/mol. The van der Waals surface area contributed by atoms with Gasteiger partial charge in [-0.3, -0.25) is 9.59 Å². The Morgan fingerprint density at radius 1 is 1.19 bits per heavy atom. The number of aromatic nitrogens is 1. The number of carbonyl (C=O) groups is 3. The van der Waals surface area contributed by atoms with E-state index in [1.165, 1.54) is 7.11 Å². The van der Waals surface area contributed by atoms with Crippen LogP contribution in [0, 0.1) is 5.92 Å². The van der Waals surface area contributed by atoms with E-state index in [0.29, 0.717) is 34.1 Å². The van der Waals surface area contributed by atoms with Gasteiger partial charge in [0.25, 0.3) is 5.91 Å². The highest BCUT2D eigenvalue weighted by atomic mass is 32.2. The number of hydrogen-bond donors (Lipinski definition) is 0. The monoisotopic (exact) mass is 467 g/mol. The molecular formula is C20H25N3O6S2. The number of amides is 2. The number of rotatable bonds is 5. The summed E-state index contributed by atoms with van der Waals surface area (Å²) < 4.78 is 31.8. The lowest BCUT2D eigenvalue weighted by atomic mass is 9.99. The number of thiazole rings is 1. The molecule has 0 unspecified atom stereocenters. The number of piperidine rings is 1. The Morgan fingerprint density at radius 3 is 2.52 bits per heavy atom. The predicted molar refractivity (Wildman–Crippen MR) is 116 cm³/mol. The van der Waals surface area contributed by atoms with Crippen LogP contribution in [0.5, 0.6) is 0 Å². The fraction of sp³-hybridized carbons (Fsp3) is 0.500. The van der Waals surface area contributed by atoms with E-state index in [9.17, 15) is 22.8 Å². The highest BCUT2D eigenvalue weighted by Gasteiger charge is 2.26. The molecule has 9 nitrogen and oxygen atoms in total. The van der Waals surface area contributed by atoms with Crippen molar-refractivity contribution in [2.75, 3.05) is 31.7 Å². The molecule has 0 N–H and O–H groups in total. The van der Waals surface area contributed by atoms with Crippen LogP contribution in [-0.4, -0.2) is 67.4 Å². The van der Waals surface area contributed by atoms with Crippen molar-refractivity contribution in [1.29, 1.82) is 0 Å². The van der Waals surface area contributed by atoms with Gasteiger partial charge < -0.3 is 14.2 Å². The predicted octanol–water partition coefficient (Wildman–Crippen LogP) is 1.13. The smallest absolute Gasteiger partial charge is 0.337 e. The molecule has 0 spiro atoms. The van der Waals surface area contributed by atoms with Gasteiger partial charge in [0.15, 0.2) is 14.6 Å². The van der Waals surface area contributed by atoms with E-state index in [0.717, 1.165) is 29.7 Å². The minimum atomic E-state index is -3.93. The van der Waals surface area contributed by atoms with Crippen molar-refractivity contribution in [2.45, 2.75) is 19.8 Å². The molecule has 2 heterocycles. The molecule has 1 saturated heterocycles. The number of carbonyl (C=O) groups excluding carboxylic acids is 3. The molecule has 11 heteroatoms. The van der Waals surface area contributed by atoms with Crippen LogP contribution in [-0.2, 0) is 31.2 Å². The number of methoxy groups -OCH3 is 1. The third-order valence-electron chi connectivity index (χ3n) is 5.27. The molecule has 1 aliphatic rings. The molecule has 0 atom stereocenters. The molecule has 2 amide bonds. The zero-order valence-electron chi connectivity index (χ0n) is 17.7. The molecule has 1 fully saturated rings. The molecule has 2 aromatic rings. The maximum absolute atomic E-state index is 12.4. The number of likely N-dealkylation sites (tertiary alicyclic amines) is 1. The number of ether oxygens (including phenoxy) is 1. The van der Waals surface area contributed by atoms with Crippen molar-refractivity contribution in [3.05, 3.63) is 28.6 Å². The summed E-state index contributed by atoms with van der Waals surface area (Å²) in [5, 5.41) is 0. The molecule has 0 bridgehead atoms. The van der Waals surface area contributed by atoms with E-state index in [2.05, 4.69) is 11.9 Å². The topological polar surface area (TPSA) is 115 Å². The molecule has 1 aliphatic heterocycles. The van der Waals surface area contributed by atoms with Crippen molar-refractivity contribution in [3.8, 4) is 0 Å². The van der Waals surface area contributed by atoms with Gasteiger partial charge in [-0.1, -0.05) is 18.3 Å². The second kappa shape index (κ2) is 9.31. The zero-order valence-corrected chi connectivity index (χ0v) is 19.3. The lowest BCUT2D eigenvalue weighted by Gasteiger charge is -2.30. The minimum Gasteiger partial charge on any atom is -0.465 e. The molecule has 0 aliphatic carbocycles. The van der Waals surface area contributed by atoms with E-state index in [1.54, 1.807) is 34.7 Å². The first-order valence-electron chi connectivity index (χ1n) is 9.83. The minimum absolute atomic E-state index is 0.300. The number of aryl methyl sites for hydroxylation is 1. The van der Waals surface area contributed by atoms with Crippen LogP contribution in [0.1, 0.15) is 30.1 Å². The average Bonchev–Trinajstić information content (AvgIpc) is 3.01. The van der Waals surface area contributed by atoms with E-state index < -0.39 is 39.1 Å². The molecule has 31 heavy (non-hydrogen) atoms. The fourth-order valence-corrected chi connectivity index (χ4v) is 5.58. The van der Waals surface area contributed by atoms with Gasteiger partial charge in [-0.05, 0) is 37.0 Å². The Labute approximate surface area is 184 Å². The Kier molecular flexibility index (Phi) is 6.95. The molecular weight excluding hydrogens is 442 g/mol. The maximum atomic E-state index is 12.4. The van der Waals surface area contributed by atoms with Crippen LogP contribution in [0.15, 0.2) is 23.2 Å². The summed E-state index contributed by atoms with van der Waals surface area (Å²) in [7, 11) is -0.946. The standard InChI is InChI=1S/C20H25N3O6S2/c1-13-6-8-23(9-7-13)18(25)12-31(27,28)11-17(24)21-20-22(2)15-5-4-14(19(26)29-3)10-16(15)30-20/h4-5,10,13H,6-9,11-12H2,1-3H3. The summed E-state index contributed by atoms with van der Waals surface area (Å²) in [4.78, 5) is 42.1. The number of hydrogen-bond acceptors (Lipinski definition) is 7. The van der Waals surface area contributed by atoms with Crippen LogP contribution in [0.2, 0.25) is 0 Å². The first-order valence-corrected chi connectivity index (χ1v) is 12.5. The summed E-state index contributed by atoms with van der Waals surface area (Å²) in [6, 6.07) is 4.94. The highest BCUT2D eigenvalue weighted by molar-refractivity contribution is 7.92. The Hall–Kier alpha value is -2.53. The first-order chi connectivity index (χ1) is 14.6. The number of fused-ring (bicyclic) bond motifs is 1. The quantitative estimate of drug-likeness (QED) is 0.609. The van der Waals surface area contributed by atoms with Crippen LogP contribution < -0.4 is 4.80 Å². The third kappa shape index (κ3) is 5.59. The Bertz CT molecular complexity index is 1190. The first kappa shape index (κ1) is 23.1. The molecule has 1 aromatic heterocycles. The zero-order chi connectivity index (χ0) is 22.8. The number of esters is 1. The summed E-state index contributed by atoms with van der Waals surface area (Å²) in [6.45, 7) is 3.18. The maximum Gasteiger partial charge on any atom is 0.337 e. The van der Waals surface area contributed by atoms with Gasteiger partial charge >= 0.3 is 5.97 Å². The van der Waals surface area contributed by atoms with Gasteiger partial charge in [0.05, 0.1) is 22.9 Å². The Morgan fingerprint density at radius 2 is 1.87 bits per heavy atom. The largest absolute Gasteiger partial charge is 0.465 e. The highest BCUT2D eigenvalue weighted by Crippen LogP contribution is 2.19. The summed E-state index contributed by atoms with van der Waals surface area (Å²) >= 11 is 1.15. The van der Waals surface area contributed by atoms with E-state index in [4.69, 9.17) is 4.74 Å². The van der Waals surface area contributed by atoms with Gasteiger partial charge in [-0.2, -0.15) is 4.99 Å². The van der Waals surface area contributed by atoms with Crippen molar-refractivity contribution in [3.63, 3.8) is 0 Å². The molecule has 3 rings (SSSR count). The SMILES string of the molecule is COC(=O)c1ccc2c(c1)sc(=NC(=O)CS(=O)(=O)CC(=O)N1CCC(C)CC1)n2C. The summed E-state index contributed by atoms with van der Waals surface area (Å²) in [5.74, 6) is -2.79. The van der Waals surface area contributed by atoms with Crippen LogP contribution in [0.25, 0.3) is 10.2 Å². The summed E-state index contributed by atoms with van der Waals surface area (Å²) in [6.07, 6.45) is 1.69. The van der Waals surface area contributed by atoms with Gasteiger partial charge in [-0.25, -0.2) is 13.2 Å². The second-order valence-corrected chi connectivity index (χ2v) is 10.8. The van der Waals surface area contributed by atoms with Gasteiger partial charge in [-0.15, -0.1) is 0 Å². The van der Waals surface area contributed by atoms with E-state index in [-0.39, 0.29) is 0 Å². The lowest BCUT2D eigenvalue weighted by molar-refractivity contribution is -0.129. The van der Waals surface area contributed by atoms with E-state index in [1.807, 2.05) is 0 Å². The molecule has 0 saturated carbocycles. The number of sulfone groups is 1. The second-order valence-electron chi connectivity index (χ2n) is 7.72. The lowest BCUT2D eigenvalue weighted by Crippen LogP contribution is -2.41. The van der Waals surface area contributed by atoms with Crippen molar-refractivity contribution >= 4 is 49.2 Å². The molecule has 0 radical (unpaired) electrons. The van der Waals surface area contributed by atoms with Crippen LogP contribution >= 0.6 is 11.3 Å². The molecule has 1 aromatic carbocycles. The normalized spacial score (nSPS) is 16.0. The van der Waals surface area contributed by atoms with Crippen molar-refractivity contribution in [1.82, 2.24) is 9.47 Å². The van der Waals surface area contributed by atoms with Crippen LogP contribution in [0.4, 0.5) is 0 Å². The summed E-state index contributed by atoms with van der Waals surface area (Å²) in [5.41, 5.74) is 1.10. The third-order valence-corrected chi connectivity index (χ3v) is 7.74. The van der Waals surface area contributed by atoms with Gasteiger partial charge in [0, 0.05) is 20.1 Å². The number of benzene rings is 1.